The average molecular weight is 258 g/mol. The molecule has 0 amide bonds. The van der Waals surface area contributed by atoms with Crippen LogP contribution in [0.25, 0.3) is 5.69 Å². The van der Waals surface area contributed by atoms with E-state index in [2.05, 4.69) is 28.9 Å². The summed E-state index contributed by atoms with van der Waals surface area (Å²) in [5, 5.41) is 7.44. The number of benzene rings is 1. The Morgan fingerprint density at radius 3 is 2.89 bits per heavy atom. The van der Waals surface area contributed by atoms with E-state index in [1.807, 2.05) is 30.3 Å². The second-order valence-electron chi connectivity index (χ2n) is 4.13. The fraction of sp³-hybridized carbons (Fsp3) is 0.286. The van der Waals surface area contributed by atoms with Crippen LogP contribution in [0.2, 0.25) is 0 Å². The Balaban J connectivity index is 1.90. The number of hydrogen-bond donors (Lipinski definition) is 1. The molecule has 2 aromatic rings. The van der Waals surface area contributed by atoms with Crippen molar-refractivity contribution >= 4 is 0 Å². The second-order valence-corrected chi connectivity index (χ2v) is 4.13. The van der Waals surface area contributed by atoms with Crippen molar-refractivity contribution in [2.75, 3.05) is 19.7 Å². The quantitative estimate of drug-likeness (QED) is 0.770. The molecule has 0 radical (unpaired) electrons. The van der Waals surface area contributed by atoms with E-state index in [0.29, 0.717) is 12.6 Å². The van der Waals surface area contributed by atoms with Crippen LogP contribution in [0.5, 0.6) is 6.01 Å². The molecule has 0 unspecified atom stereocenters. The van der Waals surface area contributed by atoms with Gasteiger partial charge in [-0.3, -0.25) is 0 Å². The van der Waals surface area contributed by atoms with Gasteiger partial charge in [0.05, 0.1) is 5.69 Å². The number of nitrogens with one attached hydrogen (secondary N) is 1. The maximum atomic E-state index is 5.48. The first kappa shape index (κ1) is 13.3. The molecule has 0 atom stereocenters. The van der Waals surface area contributed by atoms with Crippen LogP contribution >= 0.6 is 0 Å². The lowest BCUT2D eigenvalue weighted by Crippen LogP contribution is -2.19. The molecule has 0 saturated carbocycles. The molecular formula is C14H18N4O. The van der Waals surface area contributed by atoms with Crippen molar-refractivity contribution < 1.29 is 4.74 Å². The second kappa shape index (κ2) is 6.70. The van der Waals surface area contributed by atoms with Gasteiger partial charge in [0.2, 0.25) is 0 Å². The lowest BCUT2D eigenvalue weighted by molar-refractivity contribution is 0.320. The molecule has 0 spiro atoms. The molecule has 0 saturated heterocycles. The van der Waals surface area contributed by atoms with Crippen LogP contribution in [0.15, 0.2) is 48.8 Å². The topological polar surface area (TPSA) is 52.0 Å². The third-order valence-corrected chi connectivity index (χ3v) is 2.52. The predicted octanol–water partition coefficient (Wildman–Crippen LogP) is 1.81. The summed E-state index contributed by atoms with van der Waals surface area (Å²) in [6, 6.07) is 10.2. The molecule has 19 heavy (non-hydrogen) atoms. The zero-order valence-electron chi connectivity index (χ0n) is 11.0. The average Bonchev–Trinajstić information content (AvgIpc) is 2.93. The summed E-state index contributed by atoms with van der Waals surface area (Å²) < 4.78 is 7.17. The first-order valence-corrected chi connectivity index (χ1v) is 6.27. The lowest BCUT2D eigenvalue weighted by atomic mass is 10.3. The monoisotopic (exact) mass is 258 g/mol. The van der Waals surface area contributed by atoms with Gasteiger partial charge in [0.25, 0.3) is 0 Å². The predicted molar refractivity (Wildman–Crippen MR) is 74.5 cm³/mol. The highest BCUT2D eigenvalue weighted by atomic mass is 16.5. The van der Waals surface area contributed by atoms with Gasteiger partial charge in [-0.05, 0) is 24.3 Å². The van der Waals surface area contributed by atoms with Crippen LogP contribution in [0.1, 0.15) is 6.92 Å². The number of likely N-dealkylation sites (N-methyl/N-ethyl adjacent to an activating group) is 1. The van der Waals surface area contributed by atoms with Gasteiger partial charge in [-0.2, -0.15) is 4.98 Å². The SMILES string of the molecule is C=C(CNCC)COc1ncn(-c2ccccc2)n1. The zero-order chi connectivity index (χ0) is 13.5. The van der Waals surface area contributed by atoms with Gasteiger partial charge in [-0.25, -0.2) is 4.68 Å². The maximum Gasteiger partial charge on any atom is 0.336 e. The van der Waals surface area contributed by atoms with Crippen LogP contribution in [0.4, 0.5) is 0 Å². The smallest absolute Gasteiger partial charge is 0.336 e. The van der Waals surface area contributed by atoms with Crippen molar-refractivity contribution in [2.24, 2.45) is 0 Å². The Kier molecular flexibility index (Phi) is 4.69. The molecule has 0 aliphatic heterocycles. The highest BCUT2D eigenvalue weighted by Gasteiger charge is 2.04. The first-order chi connectivity index (χ1) is 9.29. The molecular weight excluding hydrogens is 240 g/mol. The molecule has 0 bridgehead atoms. The summed E-state index contributed by atoms with van der Waals surface area (Å²) in [5.74, 6) is 0. The third kappa shape index (κ3) is 3.93. The number of aromatic nitrogens is 3. The number of nitrogens with zero attached hydrogens (tertiary/aromatic N) is 3. The molecule has 100 valence electrons. The maximum absolute atomic E-state index is 5.48. The van der Waals surface area contributed by atoms with E-state index >= 15 is 0 Å². The van der Waals surface area contributed by atoms with Crippen LogP contribution in [0.3, 0.4) is 0 Å². The van der Waals surface area contributed by atoms with Crippen molar-refractivity contribution in [3.8, 4) is 11.7 Å². The van der Waals surface area contributed by atoms with E-state index in [9.17, 15) is 0 Å². The summed E-state index contributed by atoms with van der Waals surface area (Å²) in [6.07, 6.45) is 1.64. The van der Waals surface area contributed by atoms with Crippen molar-refractivity contribution in [3.05, 3.63) is 48.8 Å². The van der Waals surface area contributed by atoms with E-state index < -0.39 is 0 Å². The highest BCUT2D eigenvalue weighted by molar-refractivity contribution is 5.29. The van der Waals surface area contributed by atoms with Crippen LogP contribution < -0.4 is 10.1 Å². The van der Waals surface area contributed by atoms with Gasteiger partial charge in [-0.1, -0.05) is 31.7 Å². The van der Waals surface area contributed by atoms with E-state index in [4.69, 9.17) is 4.74 Å². The molecule has 1 aromatic heterocycles. The van der Waals surface area contributed by atoms with Crippen molar-refractivity contribution in [2.45, 2.75) is 6.92 Å². The van der Waals surface area contributed by atoms with Gasteiger partial charge in [0.1, 0.15) is 12.9 Å². The highest BCUT2D eigenvalue weighted by Crippen LogP contribution is 2.08. The Bertz CT molecular complexity index is 521. The van der Waals surface area contributed by atoms with Gasteiger partial charge in [0, 0.05) is 6.54 Å². The molecule has 0 aliphatic rings. The van der Waals surface area contributed by atoms with Crippen molar-refractivity contribution in [3.63, 3.8) is 0 Å². The van der Waals surface area contributed by atoms with Gasteiger partial charge in [-0.15, -0.1) is 5.10 Å². The summed E-state index contributed by atoms with van der Waals surface area (Å²) >= 11 is 0. The molecule has 2 rings (SSSR count). The minimum Gasteiger partial charge on any atom is -0.458 e. The van der Waals surface area contributed by atoms with Crippen molar-refractivity contribution in [1.82, 2.24) is 20.1 Å². The Hall–Kier alpha value is -2.14. The van der Waals surface area contributed by atoms with Crippen LogP contribution in [0, 0.1) is 0 Å². The normalized spacial score (nSPS) is 10.4. The Labute approximate surface area is 112 Å². The van der Waals surface area contributed by atoms with E-state index in [-0.39, 0.29) is 0 Å². The van der Waals surface area contributed by atoms with Gasteiger partial charge in [0.15, 0.2) is 0 Å². The van der Waals surface area contributed by atoms with E-state index in [1.54, 1.807) is 11.0 Å². The van der Waals surface area contributed by atoms with Crippen LogP contribution in [-0.2, 0) is 0 Å². The standard InChI is InChI=1S/C14H18N4O/c1-3-15-9-12(2)10-19-14-16-11-18(17-14)13-7-5-4-6-8-13/h4-8,11,15H,2-3,9-10H2,1H3. The number of hydrogen-bond acceptors (Lipinski definition) is 4. The molecule has 5 heteroatoms. The molecule has 0 aliphatic carbocycles. The lowest BCUT2D eigenvalue weighted by Gasteiger charge is -2.05. The third-order valence-electron chi connectivity index (χ3n) is 2.52. The molecule has 1 heterocycles. The number of ether oxygens (including phenoxy) is 1. The Morgan fingerprint density at radius 2 is 2.16 bits per heavy atom. The fourth-order valence-electron chi connectivity index (χ4n) is 1.54. The van der Waals surface area contributed by atoms with Gasteiger partial charge < -0.3 is 10.1 Å². The molecule has 0 fully saturated rings. The minimum atomic E-state index is 0.363. The summed E-state index contributed by atoms with van der Waals surface area (Å²) in [7, 11) is 0. The minimum absolute atomic E-state index is 0.363. The first-order valence-electron chi connectivity index (χ1n) is 6.27. The molecule has 5 nitrogen and oxygen atoms in total. The van der Waals surface area contributed by atoms with Crippen LogP contribution in [-0.4, -0.2) is 34.5 Å². The van der Waals surface area contributed by atoms with E-state index in [0.717, 1.165) is 24.4 Å². The summed E-state index contributed by atoms with van der Waals surface area (Å²) in [5.41, 5.74) is 1.93. The number of rotatable bonds is 7. The largest absolute Gasteiger partial charge is 0.458 e. The Morgan fingerprint density at radius 1 is 1.37 bits per heavy atom. The van der Waals surface area contributed by atoms with Gasteiger partial charge >= 0.3 is 6.01 Å². The van der Waals surface area contributed by atoms with Crippen molar-refractivity contribution in [1.29, 1.82) is 0 Å². The summed E-state index contributed by atoms with van der Waals surface area (Å²) in [6.45, 7) is 8.06. The molecule has 1 N–H and O–H groups in total. The van der Waals surface area contributed by atoms with E-state index in [1.165, 1.54) is 0 Å². The summed E-state index contributed by atoms with van der Waals surface area (Å²) in [4.78, 5) is 4.11. The zero-order valence-corrected chi connectivity index (χ0v) is 11.0. The number of para-hydroxylation sites is 1. The fourth-order valence-corrected chi connectivity index (χ4v) is 1.54. The molecule has 1 aromatic carbocycles.